The van der Waals surface area contributed by atoms with Crippen LogP contribution in [0.3, 0.4) is 0 Å². The van der Waals surface area contributed by atoms with E-state index < -0.39 is 0 Å². The molecule has 1 fully saturated rings. The summed E-state index contributed by atoms with van der Waals surface area (Å²) < 4.78 is 5.07. The third-order valence-electron chi connectivity index (χ3n) is 2.86. The number of methoxy groups -OCH3 is 1. The average molecular weight is 199 g/mol. The Kier molecular flexibility index (Phi) is 4.20. The molecular weight excluding hydrogens is 178 g/mol. The summed E-state index contributed by atoms with van der Waals surface area (Å²) in [5, 5.41) is 0. The van der Waals surface area contributed by atoms with Crippen LogP contribution in [0, 0.1) is 5.92 Å². The Morgan fingerprint density at radius 2 is 2.29 bits per heavy atom. The van der Waals surface area contributed by atoms with Gasteiger partial charge in [0.2, 0.25) is 0 Å². The lowest BCUT2D eigenvalue weighted by Gasteiger charge is -2.29. The second kappa shape index (κ2) is 5.20. The molecule has 4 nitrogen and oxygen atoms in total. The van der Waals surface area contributed by atoms with E-state index in [9.17, 15) is 0 Å². The topological polar surface area (TPSA) is 50.8 Å². The summed E-state index contributed by atoms with van der Waals surface area (Å²) in [4.78, 5) is 6.18. The molecule has 2 N–H and O–H groups in total. The quantitative estimate of drug-likeness (QED) is 0.523. The number of hydrogen-bond donors (Lipinski definition) is 1. The van der Waals surface area contributed by atoms with Gasteiger partial charge >= 0.3 is 0 Å². The van der Waals surface area contributed by atoms with Crippen LogP contribution in [0.4, 0.5) is 0 Å². The molecule has 1 saturated carbocycles. The molecule has 0 aromatic rings. The molecule has 0 heterocycles. The van der Waals surface area contributed by atoms with Gasteiger partial charge in [-0.1, -0.05) is 0 Å². The maximum atomic E-state index is 5.84. The van der Waals surface area contributed by atoms with E-state index >= 15 is 0 Å². The van der Waals surface area contributed by atoms with Gasteiger partial charge in [0.1, 0.15) is 0 Å². The van der Waals surface area contributed by atoms with Crippen LogP contribution < -0.4 is 5.73 Å². The van der Waals surface area contributed by atoms with Crippen molar-refractivity contribution < 1.29 is 4.74 Å². The van der Waals surface area contributed by atoms with Crippen LogP contribution in [-0.2, 0) is 4.74 Å². The molecule has 0 saturated heterocycles. The van der Waals surface area contributed by atoms with Crippen LogP contribution in [-0.4, -0.2) is 44.2 Å². The zero-order valence-corrected chi connectivity index (χ0v) is 9.36. The molecule has 0 aliphatic heterocycles. The lowest BCUT2D eigenvalue weighted by atomic mass is 10.2. The van der Waals surface area contributed by atoms with E-state index in [0.29, 0.717) is 18.6 Å². The molecule has 0 aromatic carbocycles. The highest BCUT2D eigenvalue weighted by atomic mass is 16.5. The highest BCUT2D eigenvalue weighted by Gasteiger charge is 2.32. The summed E-state index contributed by atoms with van der Waals surface area (Å²) in [6.45, 7) is 3.75. The SMILES string of the molecule is CN=C(N)N(CCOC)C(C)C1CC1. The normalized spacial score (nSPS) is 19.5. The lowest BCUT2D eigenvalue weighted by Crippen LogP contribution is -2.46. The van der Waals surface area contributed by atoms with Crippen molar-refractivity contribution in [2.75, 3.05) is 27.3 Å². The number of rotatable bonds is 5. The first-order valence-electron chi connectivity index (χ1n) is 5.18. The first-order valence-corrected chi connectivity index (χ1v) is 5.18. The number of nitrogens with two attached hydrogens (primary N) is 1. The van der Waals surface area contributed by atoms with Gasteiger partial charge in [0.15, 0.2) is 5.96 Å². The predicted molar refractivity (Wildman–Crippen MR) is 58.3 cm³/mol. The molecule has 0 aromatic heterocycles. The van der Waals surface area contributed by atoms with Gasteiger partial charge in [-0.2, -0.15) is 0 Å². The smallest absolute Gasteiger partial charge is 0.191 e. The third kappa shape index (κ3) is 2.87. The third-order valence-corrected chi connectivity index (χ3v) is 2.86. The van der Waals surface area contributed by atoms with Crippen molar-refractivity contribution in [2.24, 2.45) is 16.6 Å². The minimum absolute atomic E-state index is 0.494. The van der Waals surface area contributed by atoms with E-state index in [4.69, 9.17) is 10.5 Å². The maximum Gasteiger partial charge on any atom is 0.191 e. The van der Waals surface area contributed by atoms with Crippen molar-refractivity contribution in [3.63, 3.8) is 0 Å². The summed E-state index contributed by atoms with van der Waals surface area (Å²) in [7, 11) is 3.44. The number of ether oxygens (including phenoxy) is 1. The van der Waals surface area contributed by atoms with Crippen LogP contribution >= 0.6 is 0 Å². The van der Waals surface area contributed by atoms with E-state index in [-0.39, 0.29) is 0 Å². The van der Waals surface area contributed by atoms with Gasteiger partial charge < -0.3 is 15.4 Å². The monoisotopic (exact) mass is 199 g/mol. The summed E-state index contributed by atoms with van der Waals surface area (Å²) in [5.74, 6) is 1.42. The fraction of sp³-hybridized carbons (Fsp3) is 0.900. The average Bonchev–Trinajstić information content (AvgIpc) is 3.00. The molecule has 82 valence electrons. The minimum Gasteiger partial charge on any atom is -0.383 e. The Morgan fingerprint density at radius 3 is 2.71 bits per heavy atom. The van der Waals surface area contributed by atoms with Crippen molar-refractivity contribution in [1.82, 2.24) is 4.90 Å². The van der Waals surface area contributed by atoms with Gasteiger partial charge in [-0.3, -0.25) is 4.99 Å². The molecule has 1 unspecified atom stereocenters. The van der Waals surface area contributed by atoms with Gasteiger partial charge in [0.05, 0.1) is 6.61 Å². The lowest BCUT2D eigenvalue weighted by molar-refractivity contribution is 0.159. The first-order chi connectivity index (χ1) is 6.70. The summed E-state index contributed by atoms with van der Waals surface area (Å²) >= 11 is 0. The molecule has 0 bridgehead atoms. The van der Waals surface area contributed by atoms with E-state index in [2.05, 4.69) is 16.8 Å². The molecule has 1 atom stereocenters. The Bertz CT molecular complexity index is 202. The van der Waals surface area contributed by atoms with Gasteiger partial charge in [0.25, 0.3) is 0 Å². The van der Waals surface area contributed by atoms with E-state index in [0.717, 1.165) is 12.5 Å². The zero-order valence-electron chi connectivity index (χ0n) is 9.36. The van der Waals surface area contributed by atoms with Gasteiger partial charge in [-0.05, 0) is 25.7 Å². The van der Waals surface area contributed by atoms with Gasteiger partial charge in [-0.15, -0.1) is 0 Å². The highest BCUT2D eigenvalue weighted by molar-refractivity contribution is 5.78. The van der Waals surface area contributed by atoms with Crippen molar-refractivity contribution in [3.05, 3.63) is 0 Å². The van der Waals surface area contributed by atoms with E-state index in [1.54, 1.807) is 14.2 Å². The number of nitrogens with zero attached hydrogens (tertiary/aromatic N) is 2. The second-order valence-corrected chi connectivity index (χ2v) is 3.85. The number of hydrogen-bond acceptors (Lipinski definition) is 2. The largest absolute Gasteiger partial charge is 0.383 e. The zero-order chi connectivity index (χ0) is 10.6. The fourth-order valence-corrected chi connectivity index (χ4v) is 1.68. The number of guanidine groups is 1. The number of aliphatic imine (C=N–C) groups is 1. The molecule has 1 aliphatic rings. The van der Waals surface area contributed by atoms with Gasteiger partial charge in [0, 0.05) is 26.7 Å². The van der Waals surface area contributed by atoms with E-state index in [1.807, 2.05) is 0 Å². The summed E-state index contributed by atoms with van der Waals surface area (Å²) in [6, 6.07) is 0.494. The van der Waals surface area contributed by atoms with Crippen LogP contribution in [0.5, 0.6) is 0 Å². The van der Waals surface area contributed by atoms with Crippen LogP contribution in [0.15, 0.2) is 4.99 Å². The Hall–Kier alpha value is -0.770. The van der Waals surface area contributed by atoms with Gasteiger partial charge in [-0.25, -0.2) is 0 Å². The molecular formula is C10H21N3O. The Morgan fingerprint density at radius 1 is 1.64 bits per heavy atom. The molecule has 0 spiro atoms. The Labute approximate surface area is 86.1 Å². The molecule has 0 radical (unpaired) electrons. The predicted octanol–water partition coefficient (Wildman–Crippen LogP) is 0.678. The minimum atomic E-state index is 0.494. The molecule has 1 rings (SSSR count). The highest BCUT2D eigenvalue weighted by Crippen LogP contribution is 2.34. The van der Waals surface area contributed by atoms with Crippen LogP contribution in [0.25, 0.3) is 0 Å². The standard InChI is InChI=1S/C10H21N3O/c1-8(9-4-5-9)13(6-7-14-3)10(11)12-2/h8-9H,4-7H2,1-3H3,(H2,11,12). The van der Waals surface area contributed by atoms with Crippen molar-refractivity contribution >= 4 is 5.96 Å². The molecule has 4 heteroatoms. The van der Waals surface area contributed by atoms with Crippen LogP contribution in [0.1, 0.15) is 19.8 Å². The van der Waals surface area contributed by atoms with Crippen molar-refractivity contribution in [3.8, 4) is 0 Å². The maximum absolute atomic E-state index is 5.84. The fourth-order valence-electron chi connectivity index (χ4n) is 1.68. The Balaban J connectivity index is 2.50. The molecule has 14 heavy (non-hydrogen) atoms. The summed E-state index contributed by atoms with van der Waals surface area (Å²) in [5.41, 5.74) is 5.84. The first kappa shape index (κ1) is 11.3. The summed E-state index contributed by atoms with van der Waals surface area (Å²) in [6.07, 6.45) is 2.64. The van der Waals surface area contributed by atoms with Crippen molar-refractivity contribution in [2.45, 2.75) is 25.8 Å². The molecule has 1 aliphatic carbocycles. The molecule has 0 amide bonds. The van der Waals surface area contributed by atoms with Crippen molar-refractivity contribution in [1.29, 1.82) is 0 Å². The van der Waals surface area contributed by atoms with Crippen LogP contribution in [0.2, 0.25) is 0 Å². The second-order valence-electron chi connectivity index (χ2n) is 3.85. The van der Waals surface area contributed by atoms with E-state index in [1.165, 1.54) is 12.8 Å².